The van der Waals surface area contributed by atoms with Gasteiger partial charge in [0.25, 0.3) is 20.2 Å². The smallest absolute Gasteiger partial charge is 0.296 e. The second-order valence-corrected chi connectivity index (χ2v) is 12.0. The molecular formula is C26H26N4O10S2. The zero-order valence-corrected chi connectivity index (χ0v) is 23.6. The highest BCUT2D eigenvalue weighted by Gasteiger charge is 2.24. The second kappa shape index (κ2) is 11.4. The van der Waals surface area contributed by atoms with Crippen molar-refractivity contribution < 1.29 is 46.4 Å². The van der Waals surface area contributed by atoms with Crippen LogP contribution in [0.15, 0.2) is 74.4 Å². The van der Waals surface area contributed by atoms with Crippen LogP contribution in [0.5, 0.6) is 17.2 Å². The van der Waals surface area contributed by atoms with E-state index in [2.05, 4.69) is 20.6 Å². The maximum Gasteiger partial charge on any atom is 0.296 e. The van der Waals surface area contributed by atoms with Crippen molar-refractivity contribution in [2.24, 2.45) is 9.98 Å². The van der Waals surface area contributed by atoms with Crippen LogP contribution in [-0.2, 0) is 20.2 Å². The predicted molar refractivity (Wildman–Crippen MR) is 155 cm³/mol. The molecule has 3 aromatic carbocycles. The monoisotopic (exact) mass is 618 g/mol. The molecule has 1 aliphatic rings. The number of benzene rings is 3. The second-order valence-electron chi connectivity index (χ2n) is 9.19. The number of hydrogen-bond acceptors (Lipinski definition) is 12. The van der Waals surface area contributed by atoms with Crippen LogP contribution < -0.4 is 10.6 Å². The molecule has 0 fully saturated rings. The maximum atomic E-state index is 12.2. The van der Waals surface area contributed by atoms with E-state index in [1.807, 2.05) is 0 Å². The van der Waals surface area contributed by atoms with E-state index in [0.29, 0.717) is 5.69 Å². The lowest BCUT2D eigenvalue weighted by molar-refractivity contribution is 0.250. The van der Waals surface area contributed by atoms with Crippen LogP contribution in [0.2, 0.25) is 0 Å². The Morgan fingerprint density at radius 3 is 2.07 bits per heavy atom. The van der Waals surface area contributed by atoms with E-state index < -0.39 is 41.9 Å². The van der Waals surface area contributed by atoms with Gasteiger partial charge in [0.15, 0.2) is 0 Å². The van der Waals surface area contributed by atoms with E-state index >= 15 is 0 Å². The first-order chi connectivity index (χ1) is 19.6. The van der Waals surface area contributed by atoms with Crippen molar-refractivity contribution in [1.82, 2.24) is 0 Å². The minimum atomic E-state index is -4.85. The molecular weight excluding hydrogens is 592 g/mol. The lowest BCUT2D eigenvalue weighted by atomic mass is 10.0. The Balaban J connectivity index is 1.70. The van der Waals surface area contributed by atoms with Crippen LogP contribution in [0.1, 0.15) is 12.0 Å². The molecule has 0 saturated heterocycles. The fourth-order valence-corrected chi connectivity index (χ4v) is 5.34. The standard InChI is InChI=1S/C26H26N4O10S2/c1-13-7-25(41(35,36)37)19(10-21(13)31)29-17-6-4-15(9-23(17)33)28-18-12-26(42(38,39)40)20(11-24(18)34)30-16-5-3-14(27-2)8-22(16)32/h3-8,10-12,23,27,30-34H,9H2,1-2H3,(H,35,36,37)(H,38,39,40). The summed E-state index contributed by atoms with van der Waals surface area (Å²) >= 11 is 0. The summed E-state index contributed by atoms with van der Waals surface area (Å²) in [5, 5.41) is 47.0. The molecule has 16 heteroatoms. The number of phenols is 3. The predicted octanol–water partition coefficient (Wildman–Crippen LogP) is 3.56. The maximum absolute atomic E-state index is 12.2. The third-order valence-corrected chi connectivity index (χ3v) is 7.95. The third kappa shape index (κ3) is 6.69. The van der Waals surface area contributed by atoms with Crippen molar-refractivity contribution in [2.75, 3.05) is 17.7 Å². The summed E-state index contributed by atoms with van der Waals surface area (Å²) in [5.74, 6) is -1.03. The number of aryl methyl sites for hydroxylation is 1. The Hall–Kier alpha value is -4.48. The number of anilines is 3. The van der Waals surface area contributed by atoms with Crippen molar-refractivity contribution in [3.63, 3.8) is 0 Å². The molecule has 222 valence electrons. The summed E-state index contributed by atoms with van der Waals surface area (Å²) in [7, 11) is -7.92. The number of nitrogens with one attached hydrogen (secondary N) is 2. The van der Waals surface area contributed by atoms with Gasteiger partial charge in [0.1, 0.15) is 38.8 Å². The van der Waals surface area contributed by atoms with Gasteiger partial charge in [-0.05, 0) is 48.9 Å². The first-order valence-corrected chi connectivity index (χ1v) is 14.9. The van der Waals surface area contributed by atoms with Crippen LogP contribution >= 0.6 is 0 Å². The molecule has 0 aromatic heterocycles. The molecule has 3 aromatic rings. The number of aliphatic hydroxyl groups excluding tert-OH is 1. The van der Waals surface area contributed by atoms with Crippen molar-refractivity contribution >= 4 is 60.1 Å². The average molecular weight is 619 g/mol. The minimum absolute atomic E-state index is 0.0337. The quantitative estimate of drug-likeness (QED) is 0.140. The Kier molecular flexibility index (Phi) is 8.29. The molecule has 1 atom stereocenters. The van der Waals surface area contributed by atoms with Crippen molar-refractivity contribution in [2.45, 2.75) is 29.2 Å². The van der Waals surface area contributed by atoms with Gasteiger partial charge in [0.05, 0.1) is 22.8 Å². The van der Waals surface area contributed by atoms with Gasteiger partial charge in [-0.25, -0.2) is 9.98 Å². The molecule has 14 nitrogen and oxygen atoms in total. The Morgan fingerprint density at radius 2 is 1.48 bits per heavy atom. The summed E-state index contributed by atoms with van der Waals surface area (Å²) in [4.78, 5) is 7.02. The van der Waals surface area contributed by atoms with Gasteiger partial charge < -0.3 is 31.1 Å². The molecule has 0 aliphatic heterocycles. The van der Waals surface area contributed by atoms with Gasteiger partial charge >= 0.3 is 0 Å². The van der Waals surface area contributed by atoms with E-state index in [0.717, 1.165) is 24.3 Å². The van der Waals surface area contributed by atoms with Crippen molar-refractivity contribution in [3.05, 3.63) is 60.2 Å². The molecule has 0 saturated carbocycles. The number of allylic oxidation sites excluding steroid dienone is 1. The van der Waals surface area contributed by atoms with Gasteiger partial charge in [-0.3, -0.25) is 9.11 Å². The van der Waals surface area contributed by atoms with E-state index in [1.165, 1.54) is 31.2 Å². The van der Waals surface area contributed by atoms with E-state index in [4.69, 9.17) is 0 Å². The highest BCUT2D eigenvalue weighted by atomic mass is 32.2. The van der Waals surface area contributed by atoms with Gasteiger partial charge in [-0.2, -0.15) is 16.8 Å². The SMILES string of the molecule is CNc1ccc(Nc2cc(O)c(N=C3C=CC(=Nc4cc(O)c(C)cc4S(=O)(=O)O)C(O)C3)cc2S(=O)(=O)O)c(O)c1. The van der Waals surface area contributed by atoms with Crippen LogP contribution in [0.4, 0.5) is 28.4 Å². The lowest BCUT2D eigenvalue weighted by Gasteiger charge is -2.18. The van der Waals surface area contributed by atoms with Gasteiger partial charge in [0.2, 0.25) is 0 Å². The van der Waals surface area contributed by atoms with Gasteiger partial charge in [0, 0.05) is 43.1 Å². The van der Waals surface area contributed by atoms with Gasteiger partial charge in [-0.15, -0.1) is 0 Å². The summed E-state index contributed by atoms with van der Waals surface area (Å²) in [6.07, 6.45) is 1.10. The number of nitrogens with zero attached hydrogens (tertiary/aromatic N) is 2. The summed E-state index contributed by atoms with van der Waals surface area (Å²) in [5.41, 5.74) is 0.118. The Morgan fingerprint density at radius 1 is 0.786 bits per heavy atom. The zero-order chi connectivity index (χ0) is 31.0. The number of rotatable bonds is 7. The molecule has 4 rings (SSSR count). The molecule has 8 N–H and O–H groups in total. The van der Waals surface area contributed by atoms with Crippen LogP contribution in [-0.4, -0.2) is 70.9 Å². The van der Waals surface area contributed by atoms with E-state index in [-0.39, 0.29) is 57.7 Å². The third-order valence-electron chi connectivity index (χ3n) is 6.17. The van der Waals surface area contributed by atoms with Crippen LogP contribution in [0, 0.1) is 6.92 Å². The Bertz CT molecular complexity index is 1890. The van der Waals surface area contributed by atoms with E-state index in [9.17, 15) is 46.4 Å². The van der Waals surface area contributed by atoms with Crippen LogP contribution in [0.25, 0.3) is 0 Å². The number of aromatic hydroxyl groups is 3. The Labute approximate surface area is 240 Å². The van der Waals surface area contributed by atoms with Crippen molar-refractivity contribution in [1.29, 1.82) is 0 Å². The molecule has 1 aliphatic carbocycles. The molecule has 0 amide bonds. The molecule has 0 heterocycles. The number of aliphatic imine (C=N–C) groups is 2. The minimum Gasteiger partial charge on any atom is -0.508 e. The number of phenolic OH excluding ortho intramolecular Hbond substituents is 3. The largest absolute Gasteiger partial charge is 0.508 e. The fraction of sp³-hybridized carbons (Fsp3) is 0.154. The highest BCUT2D eigenvalue weighted by Crippen LogP contribution is 2.39. The lowest BCUT2D eigenvalue weighted by Crippen LogP contribution is -2.25. The number of hydrogen-bond donors (Lipinski definition) is 8. The number of aliphatic hydroxyl groups is 1. The molecule has 0 spiro atoms. The molecule has 42 heavy (non-hydrogen) atoms. The normalized spacial score (nSPS) is 17.5. The summed E-state index contributed by atoms with van der Waals surface area (Å²) < 4.78 is 67.3. The van der Waals surface area contributed by atoms with E-state index in [1.54, 1.807) is 13.1 Å². The first kappa shape index (κ1) is 30.5. The van der Waals surface area contributed by atoms with Crippen molar-refractivity contribution in [3.8, 4) is 17.2 Å². The van der Waals surface area contributed by atoms with Crippen LogP contribution in [0.3, 0.4) is 0 Å². The molecule has 0 radical (unpaired) electrons. The highest BCUT2D eigenvalue weighted by molar-refractivity contribution is 7.86. The van der Waals surface area contributed by atoms with Gasteiger partial charge in [-0.1, -0.05) is 0 Å². The summed E-state index contributed by atoms with van der Waals surface area (Å²) in [6, 6.07) is 8.36. The fourth-order valence-electron chi connectivity index (χ4n) is 4.00. The first-order valence-electron chi connectivity index (χ1n) is 12.0. The molecule has 1 unspecified atom stereocenters. The topological polar surface area (TPSA) is 238 Å². The molecule has 0 bridgehead atoms. The summed E-state index contributed by atoms with van der Waals surface area (Å²) in [6.45, 7) is 1.43. The average Bonchev–Trinajstić information content (AvgIpc) is 2.88. The zero-order valence-electron chi connectivity index (χ0n) is 22.0.